The standard InChI is InChI=1S/C24H24N2O4/c27-22-18-7-3-2-6-16(18)12-19(26-22)23(28)25-14-24(10-4-1-5-11-24)17-8-9-20-21(13-17)30-15-29-20/h2-3,6-9,12-13H,1,4-5,10-11,14-15H2,(H,25,28)(H,26,27). The summed E-state index contributed by atoms with van der Waals surface area (Å²) in [6.45, 7) is 0.762. The van der Waals surface area contributed by atoms with E-state index in [0.717, 1.165) is 42.6 Å². The number of aromatic amines is 1. The van der Waals surface area contributed by atoms with Crippen LogP contribution in [0.2, 0.25) is 0 Å². The average molecular weight is 404 g/mol. The van der Waals surface area contributed by atoms with Crippen LogP contribution in [-0.2, 0) is 5.41 Å². The molecule has 1 aromatic heterocycles. The van der Waals surface area contributed by atoms with E-state index in [-0.39, 0.29) is 29.4 Å². The number of aromatic nitrogens is 1. The molecular formula is C24H24N2O4. The predicted octanol–water partition coefficient (Wildman–Crippen LogP) is 3.89. The first-order valence-corrected chi connectivity index (χ1v) is 10.5. The highest BCUT2D eigenvalue weighted by Crippen LogP contribution is 2.43. The van der Waals surface area contributed by atoms with E-state index < -0.39 is 0 Å². The molecule has 1 fully saturated rings. The summed E-state index contributed by atoms with van der Waals surface area (Å²) < 4.78 is 11.0. The molecule has 0 bridgehead atoms. The van der Waals surface area contributed by atoms with Gasteiger partial charge in [0.15, 0.2) is 11.5 Å². The van der Waals surface area contributed by atoms with Crippen LogP contribution in [0.3, 0.4) is 0 Å². The minimum absolute atomic E-state index is 0.147. The Morgan fingerprint density at radius 2 is 1.80 bits per heavy atom. The fourth-order valence-corrected chi connectivity index (χ4v) is 4.70. The van der Waals surface area contributed by atoms with E-state index in [0.29, 0.717) is 11.9 Å². The lowest BCUT2D eigenvalue weighted by molar-refractivity contribution is 0.0931. The fourth-order valence-electron chi connectivity index (χ4n) is 4.70. The Kier molecular flexibility index (Phi) is 4.69. The summed E-state index contributed by atoms with van der Waals surface area (Å²) in [5.74, 6) is 1.27. The smallest absolute Gasteiger partial charge is 0.267 e. The lowest BCUT2D eigenvalue weighted by Gasteiger charge is -2.38. The highest BCUT2D eigenvalue weighted by molar-refractivity contribution is 5.96. The Morgan fingerprint density at radius 3 is 2.67 bits per heavy atom. The number of rotatable bonds is 4. The van der Waals surface area contributed by atoms with Gasteiger partial charge in [-0.05, 0) is 48.1 Å². The third kappa shape index (κ3) is 3.32. The molecule has 0 spiro atoms. The number of fused-ring (bicyclic) bond motifs is 2. The maximum atomic E-state index is 12.9. The monoisotopic (exact) mass is 404 g/mol. The van der Waals surface area contributed by atoms with Crippen molar-refractivity contribution in [2.75, 3.05) is 13.3 Å². The van der Waals surface area contributed by atoms with Crippen LogP contribution in [0, 0.1) is 0 Å². The number of benzene rings is 2. The van der Waals surface area contributed by atoms with Crippen molar-refractivity contribution in [2.24, 2.45) is 0 Å². The number of hydrogen-bond donors (Lipinski definition) is 2. The quantitative estimate of drug-likeness (QED) is 0.691. The topological polar surface area (TPSA) is 80.4 Å². The zero-order valence-corrected chi connectivity index (χ0v) is 16.7. The van der Waals surface area contributed by atoms with Gasteiger partial charge in [-0.3, -0.25) is 9.59 Å². The number of carbonyl (C=O) groups excluding carboxylic acids is 1. The number of pyridine rings is 1. The van der Waals surface area contributed by atoms with Crippen molar-refractivity contribution >= 4 is 16.7 Å². The molecule has 5 rings (SSSR count). The zero-order valence-electron chi connectivity index (χ0n) is 16.7. The van der Waals surface area contributed by atoms with Gasteiger partial charge in [-0.25, -0.2) is 0 Å². The highest BCUT2D eigenvalue weighted by Gasteiger charge is 2.35. The first-order valence-electron chi connectivity index (χ1n) is 10.5. The minimum Gasteiger partial charge on any atom is -0.454 e. The first-order chi connectivity index (χ1) is 14.6. The molecule has 2 aromatic carbocycles. The molecule has 154 valence electrons. The highest BCUT2D eigenvalue weighted by atomic mass is 16.7. The van der Waals surface area contributed by atoms with Crippen LogP contribution in [0.1, 0.15) is 48.2 Å². The Bertz CT molecular complexity index is 1160. The third-order valence-corrected chi connectivity index (χ3v) is 6.38. The predicted molar refractivity (Wildman–Crippen MR) is 114 cm³/mol. The summed E-state index contributed by atoms with van der Waals surface area (Å²) in [6.07, 6.45) is 5.45. The van der Waals surface area contributed by atoms with Crippen molar-refractivity contribution in [3.05, 3.63) is 70.1 Å². The van der Waals surface area contributed by atoms with Gasteiger partial charge in [0.1, 0.15) is 5.69 Å². The van der Waals surface area contributed by atoms with Gasteiger partial charge in [-0.2, -0.15) is 0 Å². The van der Waals surface area contributed by atoms with Crippen LogP contribution in [0.4, 0.5) is 0 Å². The minimum atomic E-state index is -0.261. The van der Waals surface area contributed by atoms with Gasteiger partial charge in [-0.15, -0.1) is 0 Å². The Morgan fingerprint density at radius 1 is 1.00 bits per heavy atom. The van der Waals surface area contributed by atoms with Crippen molar-refractivity contribution in [1.29, 1.82) is 0 Å². The number of ether oxygens (including phenoxy) is 2. The number of amides is 1. The van der Waals surface area contributed by atoms with Gasteiger partial charge in [-0.1, -0.05) is 43.5 Å². The summed E-state index contributed by atoms with van der Waals surface area (Å²) in [7, 11) is 0. The van der Waals surface area contributed by atoms with Gasteiger partial charge >= 0.3 is 0 Å². The molecule has 3 aromatic rings. The molecule has 1 saturated carbocycles. The molecule has 6 nitrogen and oxygen atoms in total. The Hall–Kier alpha value is -3.28. The summed E-state index contributed by atoms with van der Waals surface area (Å²) in [4.78, 5) is 28.0. The van der Waals surface area contributed by atoms with Gasteiger partial charge in [0.2, 0.25) is 6.79 Å². The second-order valence-corrected chi connectivity index (χ2v) is 8.19. The molecule has 2 aliphatic rings. The summed E-state index contributed by atoms with van der Waals surface area (Å²) in [5.41, 5.74) is 1.06. The van der Waals surface area contributed by atoms with Crippen LogP contribution in [0.15, 0.2) is 53.3 Å². The lowest BCUT2D eigenvalue weighted by Crippen LogP contribution is -2.42. The molecule has 0 atom stereocenters. The Balaban J connectivity index is 1.41. The number of nitrogens with one attached hydrogen (secondary N) is 2. The van der Waals surface area contributed by atoms with E-state index in [1.807, 2.05) is 24.3 Å². The van der Waals surface area contributed by atoms with E-state index >= 15 is 0 Å². The van der Waals surface area contributed by atoms with Crippen LogP contribution < -0.4 is 20.3 Å². The van der Waals surface area contributed by atoms with Crippen LogP contribution in [0.25, 0.3) is 10.8 Å². The maximum Gasteiger partial charge on any atom is 0.267 e. The maximum absolute atomic E-state index is 12.9. The molecule has 0 unspecified atom stereocenters. The third-order valence-electron chi connectivity index (χ3n) is 6.38. The Labute approximate surface area is 174 Å². The molecule has 1 aliphatic heterocycles. The van der Waals surface area contributed by atoms with E-state index in [1.54, 1.807) is 12.1 Å². The molecule has 0 saturated heterocycles. The van der Waals surface area contributed by atoms with Gasteiger partial charge < -0.3 is 19.8 Å². The molecule has 1 aliphatic carbocycles. The second-order valence-electron chi connectivity index (χ2n) is 8.19. The molecule has 1 amide bonds. The molecule has 0 radical (unpaired) electrons. The molecule has 2 heterocycles. The van der Waals surface area contributed by atoms with Crippen molar-refractivity contribution in [2.45, 2.75) is 37.5 Å². The van der Waals surface area contributed by atoms with E-state index in [1.165, 1.54) is 12.0 Å². The lowest BCUT2D eigenvalue weighted by atomic mass is 9.69. The number of hydrogen-bond acceptors (Lipinski definition) is 4. The molecule has 30 heavy (non-hydrogen) atoms. The molecular weight excluding hydrogens is 380 g/mol. The van der Waals surface area contributed by atoms with Crippen molar-refractivity contribution in [3.63, 3.8) is 0 Å². The fraction of sp³-hybridized carbons (Fsp3) is 0.333. The van der Waals surface area contributed by atoms with Crippen LogP contribution >= 0.6 is 0 Å². The normalized spacial score (nSPS) is 17.1. The summed E-state index contributed by atoms with van der Waals surface area (Å²) in [6, 6.07) is 15.1. The van der Waals surface area contributed by atoms with Crippen molar-refractivity contribution in [3.8, 4) is 11.5 Å². The SMILES string of the molecule is O=C(NCC1(c2ccc3c(c2)OCO3)CCCCC1)c1cc2ccccc2c(=O)[nH]1. The largest absolute Gasteiger partial charge is 0.454 e. The van der Waals surface area contributed by atoms with Crippen molar-refractivity contribution < 1.29 is 14.3 Å². The zero-order chi connectivity index (χ0) is 20.6. The van der Waals surface area contributed by atoms with Gasteiger partial charge in [0, 0.05) is 17.3 Å². The van der Waals surface area contributed by atoms with E-state index in [2.05, 4.69) is 22.4 Å². The summed E-state index contributed by atoms with van der Waals surface area (Å²) in [5, 5.41) is 4.43. The molecule has 6 heteroatoms. The average Bonchev–Trinajstić information content (AvgIpc) is 3.26. The van der Waals surface area contributed by atoms with E-state index in [9.17, 15) is 9.59 Å². The van der Waals surface area contributed by atoms with Crippen LogP contribution in [0.5, 0.6) is 11.5 Å². The second kappa shape index (κ2) is 7.52. The molecule has 2 N–H and O–H groups in total. The van der Waals surface area contributed by atoms with E-state index in [4.69, 9.17) is 9.47 Å². The van der Waals surface area contributed by atoms with Gasteiger partial charge in [0.05, 0.1) is 0 Å². The van der Waals surface area contributed by atoms with Crippen LogP contribution in [-0.4, -0.2) is 24.2 Å². The van der Waals surface area contributed by atoms with Gasteiger partial charge in [0.25, 0.3) is 11.5 Å². The van der Waals surface area contributed by atoms with Crippen molar-refractivity contribution in [1.82, 2.24) is 10.3 Å². The number of carbonyl (C=O) groups is 1. The summed E-state index contributed by atoms with van der Waals surface area (Å²) >= 11 is 0. The number of H-pyrrole nitrogens is 1. The first kappa shape index (κ1) is 18.7.